The lowest BCUT2D eigenvalue weighted by Crippen LogP contribution is -1.94. The minimum absolute atomic E-state index is 0.409. The highest BCUT2D eigenvalue weighted by Crippen LogP contribution is 2.32. The van der Waals surface area contributed by atoms with Crippen LogP contribution in [-0.4, -0.2) is 20.2 Å². The third-order valence-corrected chi connectivity index (χ3v) is 4.80. The first-order valence-corrected chi connectivity index (χ1v) is 9.84. The number of aryl methyl sites for hydroxylation is 1. The van der Waals surface area contributed by atoms with E-state index >= 15 is 0 Å². The van der Waals surface area contributed by atoms with Crippen LogP contribution in [0.3, 0.4) is 0 Å². The summed E-state index contributed by atoms with van der Waals surface area (Å²) < 4.78 is 6.15. The molecule has 0 saturated carbocycles. The molecule has 0 amide bonds. The largest absolute Gasteiger partial charge is 0.456 e. The molecule has 31 heavy (non-hydrogen) atoms. The zero-order valence-corrected chi connectivity index (χ0v) is 16.8. The molecular weight excluding hydrogens is 388 g/mol. The number of aromatic amines is 1. The number of nitrogens with two attached hydrogens (primary N) is 1. The Kier molecular flexibility index (Phi) is 4.68. The van der Waals surface area contributed by atoms with Crippen molar-refractivity contribution in [3.63, 3.8) is 0 Å². The van der Waals surface area contributed by atoms with Gasteiger partial charge in [-0.25, -0.2) is 4.98 Å². The second kappa shape index (κ2) is 7.79. The Bertz CT molecular complexity index is 1380. The summed E-state index contributed by atoms with van der Waals surface area (Å²) >= 11 is 0. The first-order valence-electron chi connectivity index (χ1n) is 9.84. The molecule has 2 aromatic heterocycles. The number of nitrogens with one attached hydrogen (secondary N) is 2. The van der Waals surface area contributed by atoms with Crippen LogP contribution >= 0.6 is 0 Å². The normalized spacial score (nSPS) is 10.9. The summed E-state index contributed by atoms with van der Waals surface area (Å²) in [4.78, 5) is 7.56. The molecule has 7 heteroatoms. The number of para-hydroxylation sites is 1. The lowest BCUT2D eigenvalue weighted by atomic mass is 10.2. The number of hydrogen-bond donors (Lipinski definition) is 3. The Hall–Kier alpha value is -4.39. The number of nitrogen functional groups attached to an aromatic ring is 1. The van der Waals surface area contributed by atoms with Gasteiger partial charge in [0.25, 0.3) is 0 Å². The fourth-order valence-electron chi connectivity index (χ4n) is 3.39. The van der Waals surface area contributed by atoms with Crippen LogP contribution in [0, 0.1) is 6.92 Å². The SMILES string of the molecule is Cc1cccc(Nc2nnc(-c3cccc(Oc4cc(N)nc5ccccc45)c3)[nH]2)c1. The third-order valence-electron chi connectivity index (χ3n) is 4.80. The van der Waals surface area contributed by atoms with E-state index in [2.05, 4.69) is 25.5 Å². The van der Waals surface area contributed by atoms with Gasteiger partial charge in [-0.2, -0.15) is 0 Å². The fourth-order valence-corrected chi connectivity index (χ4v) is 3.39. The molecule has 0 aliphatic carbocycles. The lowest BCUT2D eigenvalue weighted by molar-refractivity contribution is 0.488. The van der Waals surface area contributed by atoms with Gasteiger partial charge in [0, 0.05) is 22.7 Å². The summed E-state index contributed by atoms with van der Waals surface area (Å²) in [6.45, 7) is 2.04. The van der Waals surface area contributed by atoms with Gasteiger partial charge in [-0.1, -0.05) is 36.4 Å². The van der Waals surface area contributed by atoms with Gasteiger partial charge in [0.05, 0.1) is 5.52 Å². The molecule has 0 aliphatic heterocycles. The van der Waals surface area contributed by atoms with Crippen LogP contribution in [0.2, 0.25) is 0 Å². The van der Waals surface area contributed by atoms with Crippen molar-refractivity contribution in [3.05, 3.63) is 84.4 Å². The van der Waals surface area contributed by atoms with Crippen molar-refractivity contribution >= 4 is 28.4 Å². The summed E-state index contributed by atoms with van der Waals surface area (Å²) in [7, 11) is 0. The van der Waals surface area contributed by atoms with Crippen molar-refractivity contribution in [1.82, 2.24) is 20.2 Å². The van der Waals surface area contributed by atoms with E-state index in [1.54, 1.807) is 6.07 Å². The van der Waals surface area contributed by atoms with Crippen molar-refractivity contribution in [2.45, 2.75) is 6.92 Å². The van der Waals surface area contributed by atoms with E-state index < -0.39 is 0 Å². The predicted octanol–water partition coefficient (Wildman–Crippen LogP) is 5.45. The first-order chi connectivity index (χ1) is 15.1. The molecule has 0 radical (unpaired) electrons. The van der Waals surface area contributed by atoms with E-state index in [0.29, 0.717) is 29.1 Å². The second-order valence-corrected chi connectivity index (χ2v) is 7.21. The van der Waals surface area contributed by atoms with Crippen LogP contribution in [0.5, 0.6) is 11.5 Å². The van der Waals surface area contributed by atoms with Crippen LogP contribution in [-0.2, 0) is 0 Å². The van der Waals surface area contributed by atoms with Crippen molar-refractivity contribution in [2.75, 3.05) is 11.1 Å². The minimum atomic E-state index is 0.409. The molecule has 152 valence electrons. The van der Waals surface area contributed by atoms with Crippen LogP contribution in [0.1, 0.15) is 5.56 Å². The Morgan fingerprint density at radius 2 is 1.77 bits per heavy atom. The molecule has 2 heterocycles. The second-order valence-electron chi connectivity index (χ2n) is 7.21. The van der Waals surface area contributed by atoms with Gasteiger partial charge < -0.3 is 20.8 Å². The van der Waals surface area contributed by atoms with E-state index in [9.17, 15) is 0 Å². The number of rotatable bonds is 5. The number of anilines is 3. The average Bonchev–Trinajstić information content (AvgIpc) is 3.22. The lowest BCUT2D eigenvalue weighted by Gasteiger charge is -2.10. The summed E-state index contributed by atoms with van der Waals surface area (Å²) in [6.07, 6.45) is 0. The highest BCUT2D eigenvalue weighted by Gasteiger charge is 2.10. The molecule has 0 atom stereocenters. The molecule has 7 nitrogen and oxygen atoms in total. The predicted molar refractivity (Wildman–Crippen MR) is 123 cm³/mol. The zero-order valence-electron chi connectivity index (χ0n) is 16.8. The van der Waals surface area contributed by atoms with Crippen molar-refractivity contribution in [2.24, 2.45) is 0 Å². The van der Waals surface area contributed by atoms with Crippen molar-refractivity contribution < 1.29 is 4.74 Å². The van der Waals surface area contributed by atoms with Crippen molar-refractivity contribution in [1.29, 1.82) is 0 Å². The molecule has 0 saturated heterocycles. The number of pyridine rings is 1. The number of benzene rings is 3. The summed E-state index contributed by atoms with van der Waals surface area (Å²) in [6, 6.07) is 25.2. The molecule has 0 aliphatic rings. The number of nitrogens with zero attached hydrogens (tertiary/aromatic N) is 3. The van der Waals surface area contributed by atoms with E-state index in [0.717, 1.165) is 22.2 Å². The van der Waals surface area contributed by atoms with Crippen LogP contribution < -0.4 is 15.8 Å². The molecule has 0 bridgehead atoms. The monoisotopic (exact) mass is 408 g/mol. The van der Waals surface area contributed by atoms with Gasteiger partial charge in [-0.05, 0) is 48.9 Å². The molecule has 0 spiro atoms. The van der Waals surface area contributed by atoms with E-state index in [4.69, 9.17) is 10.5 Å². The average molecular weight is 408 g/mol. The number of fused-ring (bicyclic) bond motifs is 1. The Balaban J connectivity index is 1.41. The molecule has 0 fully saturated rings. The van der Waals surface area contributed by atoms with Gasteiger partial charge >= 0.3 is 0 Å². The van der Waals surface area contributed by atoms with E-state index in [1.165, 1.54) is 5.56 Å². The van der Waals surface area contributed by atoms with Crippen LogP contribution in [0.15, 0.2) is 78.9 Å². The topological polar surface area (TPSA) is 102 Å². The van der Waals surface area contributed by atoms with Crippen LogP contribution in [0.4, 0.5) is 17.5 Å². The van der Waals surface area contributed by atoms with E-state index in [1.807, 2.05) is 79.7 Å². The van der Waals surface area contributed by atoms with Gasteiger partial charge in [0.1, 0.15) is 17.3 Å². The van der Waals surface area contributed by atoms with E-state index in [-0.39, 0.29) is 0 Å². The summed E-state index contributed by atoms with van der Waals surface area (Å²) in [5.41, 5.74) is 9.71. The van der Waals surface area contributed by atoms with Crippen molar-refractivity contribution in [3.8, 4) is 22.9 Å². The Labute approximate surface area is 178 Å². The zero-order chi connectivity index (χ0) is 21.2. The molecule has 5 aromatic rings. The van der Waals surface area contributed by atoms with Gasteiger partial charge in [0.2, 0.25) is 5.95 Å². The third kappa shape index (κ3) is 4.02. The number of ether oxygens (including phenoxy) is 1. The maximum atomic E-state index is 6.15. The Morgan fingerprint density at radius 1 is 0.903 bits per heavy atom. The summed E-state index contributed by atoms with van der Waals surface area (Å²) in [5.74, 6) is 2.93. The molecule has 0 unspecified atom stereocenters. The number of hydrogen-bond acceptors (Lipinski definition) is 6. The fraction of sp³-hybridized carbons (Fsp3) is 0.0417. The highest BCUT2D eigenvalue weighted by molar-refractivity contribution is 5.87. The number of H-pyrrole nitrogens is 1. The minimum Gasteiger partial charge on any atom is -0.456 e. The molecular formula is C24H20N6O. The van der Waals surface area contributed by atoms with Gasteiger partial charge in [-0.3, -0.25) is 0 Å². The summed E-state index contributed by atoms with van der Waals surface area (Å²) in [5, 5.41) is 12.6. The smallest absolute Gasteiger partial charge is 0.226 e. The molecule has 5 rings (SSSR count). The maximum absolute atomic E-state index is 6.15. The van der Waals surface area contributed by atoms with Gasteiger partial charge in [-0.15, -0.1) is 10.2 Å². The Morgan fingerprint density at radius 3 is 2.68 bits per heavy atom. The molecule has 4 N–H and O–H groups in total. The maximum Gasteiger partial charge on any atom is 0.226 e. The highest BCUT2D eigenvalue weighted by atomic mass is 16.5. The first kappa shape index (κ1) is 18.6. The van der Waals surface area contributed by atoms with Crippen LogP contribution in [0.25, 0.3) is 22.3 Å². The van der Waals surface area contributed by atoms with Gasteiger partial charge in [0.15, 0.2) is 5.82 Å². The standard InChI is InChI=1S/C24H20N6O/c1-15-6-4-8-17(12-15)26-24-28-23(29-30-24)16-7-5-9-18(13-16)31-21-14-22(25)27-20-11-3-2-10-19(20)21/h2-14H,1H3,(H2,25,27)(H2,26,28,29,30). The molecule has 3 aromatic carbocycles. The number of aromatic nitrogens is 4. The quantitative estimate of drug-likeness (QED) is 0.358.